The van der Waals surface area contributed by atoms with Gasteiger partial charge in [-0.3, -0.25) is 19.7 Å². The molecule has 0 saturated carbocycles. The number of hydrogen-bond acceptors (Lipinski definition) is 6. The summed E-state index contributed by atoms with van der Waals surface area (Å²) >= 11 is 0. The molecule has 7 nitrogen and oxygen atoms in total. The topological polar surface area (TPSA) is 64.6 Å². The zero-order chi connectivity index (χ0) is 24.2. The Morgan fingerprint density at radius 3 is 2.60 bits per heavy atom. The summed E-state index contributed by atoms with van der Waals surface area (Å²) in [6.45, 7) is 7.84. The first-order chi connectivity index (χ1) is 17.1. The number of para-hydroxylation sites is 1. The minimum absolute atomic E-state index is 0.101. The summed E-state index contributed by atoms with van der Waals surface area (Å²) in [6.07, 6.45) is 6.68. The molecule has 0 aliphatic carbocycles. The molecular weight excluding hydrogens is 436 g/mol. The van der Waals surface area contributed by atoms with Crippen molar-refractivity contribution in [3.63, 3.8) is 0 Å². The second kappa shape index (κ2) is 10.4. The van der Waals surface area contributed by atoms with Crippen molar-refractivity contribution in [2.75, 3.05) is 51.2 Å². The lowest BCUT2D eigenvalue weighted by molar-refractivity contribution is -0.124. The van der Waals surface area contributed by atoms with Gasteiger partial charge in [-0.15, -0.1) is 0 Å². The number of fused-ring (bicyclic) bond motifs is 1. The molecule has 0 radical (unpaired) electrons. The summed E-state index contributed by atoms with van der Waals surface area (Å²) in [7, 11) is 2.03. The number of pyridine rings is 2. The van der Waals surface area contributed by atoms with Crippen LogP contribution in [0.15, 0.2) is 67.0 Å². The Balaban J connectivity index is 1.08. The summed E-state index contributed by atoms with van der Waals surface area (Å²) < 4.78 is 0. The number of benzene rings is 1. The van der Waals surface area contributed by atoms with Gasteiger partial charge in [-0.1, -0.05) is 24.3 Å². The first kappa shape index (κ1) is 23.3. The summed E-state index contributed by atoms with van der Waals surface area (Å²) in [5.41, 5.74) is 4.25. The minimum atomic E-state index is -0.158. The molecule has 5 rings (SSSR count). The van der Waals surface area contributed by atoms with Gasteiger partial charge in [0.1, 0.15) is 0 Å². The minimum Gasteiger partial charge on any atom is -0.369 e. The van der Waals surface area contributed by atoms with E-state index in [0.29, 0.717) is 6.54 Å². The molecule has 4 heterocycles. The van der Waals surface area contributed by atoms with Crippen LogP contribution in [0.5, 0.6) is 0 Å². The lowest BCUT2D eigenvalue weighted by atomic mass is 10.0. The Kier molecular flexibility index (Phi) is 6.95. The van der Waals surface area contributed by atoms with E-state index in [4.69, 9.17) is 0 Å². The maximum absolute atomic E-state index is 12.9. The SMILES string of the molecule is CC1C(C(=O)NCCCN2CCN(c3cccc4cccnc34)CC2)C=C(c2ccccn2)N1C. The van der Waals surface area contributed by atoms with Crippen molar-refractivity contribution in [2.45, 2.75) is 19.4 Å². The highest BCUT2D eigenvalue weighted by Crippen LogP contribution is 2.31. The normalized spacial score (nSPS) is 20.8. The number of piperazine rings is 1. The smallest absolute Gasteiger partial charge is 0.229 e. The van der Waals surface area contributed by atoms with E-state index in [1.807, 2.05) is 37.5 Å². The standard InChI is InChI=1S/C28H34N6O/c1-21-23(20-26(32(21)2)24-10-3-4-12-29-24)28(35)31-14-7-15-33-16-18-34(19-17-33)25-11-5-8-22-9-6-13-30-27(22)25/h3-6,8-13,20-21,23H,7,14-19H2,1-2H3,(H,31,35). The molecule has 0 bridgehead atoms. The average molecular weight is 471 g/mol. The van der Waals surface area contributed by atoms with Gasteiger partial charge in [0.05, 0.1) is 28.5 Å². The number of amides is 1. The number of carbonyl (C=O) groups is 1. The molecule has 2 aliphatic heterocycles. The number of rotatable bonds is 7. The third-order valence-electron chi connectivity index (χ3n) is 7.35. The summed E-state index contributed by atoms with van der Waals surface area (Å²) in [6, 6.07) is 16.5. The molecule has 35 heavy (non-hydrogen) atoms. The molecule has 1 saturated heterocycles. The van der Waals surface area contributed by atoms with Gasteiger partial charge < -0.3 is 15.1 Å². The van der Waals surface area contributed by atoms with Crippen LogP contribution in [0.3, 0.4) is 0 Å². The summed E-state index contributed by atoms with van der Waals surface area (Å²) in [5.74, 6) is -0.0570. The van der Waals surface area contributed by atoms with Crippen molar-refractivity contribution in [3.05, 3.63) is 72.7 Å². The van der Waals surface area contributed by atoms with Crippen LogP contribution in [0.1, 0.15) is 19.0 Å². The fourth-order valence-electron chi connectivity index (χ4n) is 5.15. The zero-order valence-electron chi connectivity index (χ0n) is 20.6. The Morgan fingerprint density at radius 2 is 1.80 bits per heavy atom. The number of carbonyl (C=O) groups excluding carboxylic acids is 1. The van der Waals surface area contributed by atoms with Gasteiger partial charge in [-0.2, -0.15) is 0 Å². The van der Waals surface area contributed by atoms with Gasteiger partial charge in [0.25, 0.3) is 0 Å². The third-order valence-corrected chi connectivity index (χ3v) is 7.35. The molecule has 1 fully saturated rings. The highest BCUT2D eigenvalue weighted by Gasteiger charge is 2.34. The second-order valence-electron chi connectivity index (χ2n) is 9.47. The van der Waals surface area contributed by atoms with E-state index in [9.17, 15) is 4.79 Å². The molecule has 1 amide bonds. The molecule has 2 aromatic heterocycles. The van der Waals surface area contributed by atoms with Gasteiger partial charge in [0, 0.05) is 63.6 Å². The van der Waals surface area contributed by atoms with Crippen molar-refractivity contribution in [1.29, 1.82) is 0 Å². The first-order valence-electron chi connectivity index (χ1n) is 12.6. The number of nitrogens with zero attached hydrogens (tertiary/aromatic N) is 5. The van der Waals surface area contributed by atoms with Crippen molar-refractivity contribution in [2.24, 2.45) is 5.92 Å². The largest absolute Gasteiger partial charge is 0.369 e. The fourth-order valence-corrected chi connectivity index (χ4v) is 5.15. The van der Waals surface area contributed by atoms with Crippen molar-refractivity contribution in [3.8, 4) is 0 Å². The molecule has 7 heteroatoms. The molecule has 2 atom stereocenters. The van der Waals surface area contributed by atoms with Crippen LogP contribution in [0.4, 0.5) is 5.69 Å². The van der Waals surface area contributed by atoms with Gasteiger partial charge in [-0.25, -0.2) is 0 Å². The van der Waals surface area contributed by atoms with E-state index >= 15 is 0 Å². The maximum atomic E-state index is 12.9. The van der Waals surface area contributed by atoms with E-state index in [2.05, 4.69) is 67.2 Å². The van der Waals surface area contributed by atoms with E-state index in [0.717, 1.165) is 56.1 Å². The molecule has 2 unspecified atom stereocenters. The fraction of sp³-hybridized carbons (Fsp3) is 0.393. The van der Waals surface area contributed by atoms with Crippen LogP contribution in [0.2, 0.25) is 0 Å². The van der Waals surface area contributed by atoms with E-state index in [1.165, 1.54) is 11.1 Å². The van der Waals surface area contributed by atoms with Gasteiger partial charge in [0.2, 0.25) is 5.91 Å². The van der Waals surface area contributed by atoms with Crippen LogP contribution in [0, 0.1) is 5.92 Å². The number of nitrogens with one attached hydrogen (secondary N) is 1. The van der Waals surface area contributed by atoms with Crippen molar-refractivity contribution in [1.82, 2.24) is 25.1 Å². The van der Waals surface area contributed by atoms with Crippen LogP contribution >= 0.6 is 0 Å². The lowest BCUT2D eigenvalue weighted by Crippen LogP contribution is -2.47. The predicted molar refractivity (Wildman–Crippen MR) is 141 cm³/mol. The Hall–Kier alpha value is -3.45. The quantitative estimate of drug-likeness (QED) is 0.535. The Bertz CT molecular complexity index is 1180. The van der Waals surface area contributed by atoms with E-state index in [1.54, 1.807) is 6.20 Å². The Labute approximate surface area is 207 Å². The van der Waals surface area contributed by atoms with Gasteiger partial charge in [0.15, 0.2) is 0 Å². The predicted octanol–water partition coefficient (Wildman–Crippen LogP) is 3.25. The summed E-state index contributed by atoms with van der Waals surface area (Å²) in [5, 5.41) is 4.35. The molecular formula is C28H34N6O. The molecule has 1 aromatic carbocycles. The van der Waals surface area contributed by atoms with Gasteiger partial charge in [-0.05, 0) is 50.2 Å². The number of aromatic nitrogens is 2. The Morgan fingerprint density at radius 1 is 1.00 bits per heavy atom. The monoisotopic (exact) mass is 470 g/mol. The van der Waals surface area contributed by atoms with E-state index in [-0.39, 0.29) is 17.9 Å². The zero-order valence-corrected chi connectivity index (χ0v) is 20.6. The van der Waals surface area contributed by atoms with Gasteiger partial charge >= 0.3 is 0 Å². The molecule has 1 N–H and O–H groups in total. The maximum Gasteiger partial charge on any atom is 0.229 e. The van der Waals surface area contributed by atoms with Crippen LogP contribution in [-0.4, -0.2) is 78.0 Å². The lowest BCUT2D eigenvalue weighted by Gasteiger charge is -2.36. The first-order valence-corrected chi connectivity index (χ1v) is 12.6. The van der Waals surface area contributed by atoms with Crippen LogP contribution < -0.4 is 10.2 Å². The van der Waals surface area contributed by atoms with E-state index < -0.39 is 0 Å². The van der Waals surface area contributed by atoms with Crippen LogP contribution in [-0.2, 0) is 4.79 Å². The summed E-state index contributed by atoms with van der Waals surface area (Å²) in [4.78, 5) is 29.1. The highest BCUT2D eigenvalue weighted by molar-refractivity contribution is 5.90. The number of hydrogen-bond donors (Lipinski definition) is 1. The second-order valence-corrected chi connectivity index (χ2v) is 9.47. The molecule has 3 aromatic rings. The van der Waals surface area contributed by atoms with Crippen molar-refractivity contribution >= 4 is 28.2 Å². The molecule has 2 aliphatic rings. The average Bonchev–Trinajstić information content (AvgIpc) is 3.21. The highest BCUT2D eigenvalue weighted by atomic mass is 16.1. The molecule has 0 spiro atoms. The number of anilines is 1. The van der Waals surface area contributed by atoms with Crippen molar-refractivity contribution < 1.29 is 4.79 Å². The van der Waals surface area contributed by atoms with Crippen LogP contribution in [0.25, 0.3) is 16.6 Å². The molecule has 182 valence electrons. The third kappa shape index (κ3) is 5.00.